The van der Waals surface area contributed by atoms with Crippen molar-refractivity contribution in [3.8, 4) is 67.5 Å². The van der Waals surface area contributed by atoms with Crippen molar-refractivity contribution in [2.24, 2.45) is 0 Å². The molecule has 0 aliphatic carbocycles. The molecule has 8 aromatic carbocycles. The third kappa shape index (κ3) is 5.65. The van der Waals surface area contributed by atoms with Crippen LogP contribution in [0.2, 0.25) is 0 Å². The normalized spacial score (nSPS) is 11.6. The van der Waals surface area contributed by atoms with Crippen LogP contribution in [0.4, 0.5) is 0 Å². The molecule has 0 fully saturated rings. The Balaban J connectivity index is 1.00. The Labute approximate surface area is 327 Å². The lowest BCUT2D eigenvalue weighted by Gasteiger charge is -2.09. The molecule has 3 heterocycles. The first-order chi connectivity index (χ1) is 27.7. The van der Waals surface area contributed by atoms with Crippen LogP contribution in [0.1, 0.15) is 0 Å². The number of fused-ring (bicyclic) bond motifs is 6. The molecular weight excluding hydrogens is 703 g/mol. The van der Waals surface area contributed by atoms with Crippen molar-refractivity contribution in [1.29, 1.82) is 0 Å². The van der Waals surface area contributed by atoms with Crippen LogP contribution in [0.5, 0.6) is 0 Å². The maximum Gasteiger partial charge on any atom is 0.167 e. The number of benzene rings is 8. The molecule has 4 nitrogen and oxygen atoms in total. The molecule has 0 bridgehead atoms. The molecule has 0 spiro atoms. The van der Waals surface area contributed by atoms with Gasteiger partial charge in [0.25, 0.3) is 0 Å². The van der Waals surface area contributed by atoms with Gasteiger partial charge in [0.15, 0.2) is 17.5 Å². The molecule has 0 saturated heterocycles. The van der Waals surface area contributed by atoms with E-state index in [0.29, 0.717) is 17.5 Å². The molecule has 0 atom stereocenters. The van der Waals surface area contributed by atoms with Crippen LogP contribution in [-0.2, 0) is 0 Å². The number of thiophene rings is 1. The zero-order chi connectivity index (χ0) is 37.0. The summed E-state index contributed by atoms with van der Waals surface area (Å²) >= 11 is 1.85. The van der Waals surface area contributed by atoms with Crippen molar-refractivity contribution in [2.75, 3.05) is 0 Å². The molecule has 0 amide bonds. The lowest BCUT2D eigenvalue weighted by atomic mass is 9.99. The van der Waals surface area contributed by atoms with Gasteiger partial charge in [-0.25, -0.2) is 15.0 Å². The Kier molecular flexibility index (Phi) is 7.64. The molecule has 0 N–H and O–H groups in total. The first-order valence-corrected chi connectivity index (χ1v) is 19.5. The quantitative estimate of drug-likeness (QED) is 0.171. The lowest BCUT2D eigenvalue weighted by molar-refractivity contribution is 0.669. The molecule has 3 aromatic heterocycles. The number of hydrogen-bond donors (Lipinski definition) is 0. The summed E-state index contributed by atoms with van der Waals surface area (Å²) in [5, 5.41) is 4.63. The maximum absolute atomic E-state index is 6.65. The number of hydrogen-bond acceptors (Lipinski definition) is 5. The molecule has 0 aliphatic rings. The number of furan rings is 1. The van der Waals surface area contributed by atoms with Gasteiger partial charge in [-0.05, 0) is 69.8 Å². The van der Waals surface area contributed by atoms with Gasteiger partial charge >= 0.3 is 0 Å². The molecule has 11 aromatic rings. The molecule has 262 valence electrons. The number of rotatable bonds is 6. The lowest BCUT2D eigenvalue weighted by Crippen LogP contribution is -2.00. The van der Waals surface area contributed by atoms with Gasteiger partial charge < -0.3 is 4.42 Å². The van der Waals surface area contributed by atoms with E-state index in [1.165, 1.54) is 42.4 Å². The highest BCUT2D eigenvalue weighted by Crippen LogP contribution is 2.41. The smallest absolute Gasteiger partial charge is 0.167 e. The average Bonchev–Trinajstić information content (AvgIpc) is 3.84. The predicted molar refractivity (Wildman–Crippen MR) is 233 cm³/mol. The molecule has 0 radical (unpaired) electrons. The van der Waals surface area contributed by atoms with Crippen LogP contribution in [-0.4, -0.2) is 15.0 Å². The highest BCUT2D eigenvalue weighted by molar-refractivity contribution is 7.25. The zero-order valence-corrected chi connectivity index (χ0v) is 30.9. The van der Waals surface area contributed by atoms with Gasteiger partial charge in [-0.2, -0.15) is 0 Å². The third-order valence-corrected chi connectivity index (χ3v) is 11.7. The summed E-state index contributed by atoms with van der Waals surface area (Å²) in [5.41, 5.74) is 11.3. The van der Waals surface area contributed by atoms with E-state index in [9.17, 15) is 0 Å². The standard InChI is InChI=1S/C51H31N3OS/c1-4-11-32(12-5-1)34-19-21-36(22-20-34)50-52-49(35-15-8-3-9-16-35)53-51(54-50)42-18-10-17-41-43-29-37(24-27-45(43)55-48(41)42)38-25-28-46-44(30-38)40-26-23-39(31-47(40)56-46)33-13-6-2-7-14-33/h1-31H. The first-order valence-electron chi connectivity index (χ1n) is 18.7. The second-order valence-electron chi connectivity index (χ2n) is 14.0. The van der Waals surface area contributed by atoms with Crippen LogP contribution in [0, 0.1) is 0 Å². The van der Waals surface area contributed by atoms with Crippen LogP contribution in [0.3, 0.4) is 0 Å². The second-order valence-corrected chi connectivity index (χ2v) is 15.1. The van der Waals surface area contributed by atoms with Crippen LogP contribution >= 0.6 is 11.3 Å². The highest BCUT2D eigenvalue weighted by Gasteiger charge is 2.19. The van der Waals surface area contributed by atoms with E-state index < -0.39 is 0 Å². The van der Waals surface area contributed by atoms with Gasteiger partial charge in [-0.3, -0.25) is 0 Å². The molecule has 0 unspecified atom stereocenters. The molecule has 11 rings (SSSR count). The average molecular weight is 734 g/mol. The van der Waals surface area contributed by atoms with E-state index in [1.807, 2.05) is 53.8 Å². The van der Waals surface area contributed by atoms with Crippen LogP contribution in [0.25, 0.3) is 110 Å². The zero-order valence-electron chi connectivity index (χ0n) is 30.1. The Morgan fingerprint density at radius 1 is 0.321 bits per heavy atom. The summed E-state index contributed by atoms with van der Waals surface area (Å²) in [5.74, 6) is 1.79. The Morgan fingerprint density at radius 2 is 0.839 bits per heavy atom. The number of para-hydroxylation sites is 1. The molecule has 0 aliphatic heterocycles. The van der Waals surface area contributed by atoms with Gasteiger partial charge in [0.2, 0.25) is 0 Å². The van der Waals surface area contributed by atoms with Crippen molar-refractivity contribution in [1.82, 2.24) is 15.0 Å². The number of nitrogens with zero attached hydrogens (tertiary/aromatic N) is 3. The van der Waals surface area contributed by atoms with E-state index in [0.717, 1.165) is 49.8 Å². The maximum atomic E-state index is 6.65. The SMILES string of the molecule is c1ccc(-c2ccc(-c3nc(-c4ccccc4)nc(-c4cccc5c4oc4ccc(-c6ccc7sc8cc(-c9ccccc9)ccc8c7c6)cc45)n3)cc2)cc1. The second kappa shape index (κ2) is 13.3. The van der Waals surface area contributed by atoms with E-state index in [-0.39, 0.29) is 0 Å². The summed E-state index contributed by atoms with van der Waals surface area (Å²) in [7, 11) is 0. The topological polar surface area (TPSA) is 51.8 Å². The van der Waals surface area contributed by atoms with E-state index in [4.69, 9.17) is 19.4 Å². The monoisotopic (exact) mass is 733 g/mol. The van der Waals surface area contributed by atoms with Crippen LogP contribution in [0.15, 0.2) is 192 Å². The molecule has 5 heteroatoms. The van der Waals surface area contributed by atoms with Crippen molar-refractivity contribution >= 4 is 53.4 Å². The fourth-order valence-electron chi connectivity index (χ4n) is 7.71. The Hall–Kier alpha value is -7.21. The third-order valence-electron chi connectivity index (χ3n) is 10.6. The van der Waals surface area contributed by atoms with Crippen LogP contribution < -0.4 is 0 Å². The Bertz CT molecular complexity index is 3230. The predicted octanol–water partition coefficient (Wildman–Crippen LogP) is 14.1. The van der Waals surface area contributed by atoms with Gasteiger partial charge in [-0.1, -0.05) is 152 Å². The van der Waals surface area contributed by atoms with E-state index >= 15 is 0 Å². The summed E-state index contributed by atoms with van der Waals surface area (Å²) in [6, 6.07) is 65.8. The van der Waals surface area contributed by atoms with Gasteiger partial charge in [0.1, 0.15) is 11.2 Å². The summed E-state index contributed by atoms with van der Waals surface area (Å²) < 4.78 is 9.23. The van der Waals surface area contributed by atoms with Gasteiger partial charge in [0.05, 0.1) is 5.56 Å². The van der Waals surface area contributed by atoms with Gasteiger partial charge in [-0.15, -0.1) is 11.3 Å². The van der Waals surface area contributed by atoms with Crippen molar-refractivity contribution in [2.45, 2.75) is 0 Å². The van der Waals surface area contributed by atoms with Crippen molar-refractivity contribution in [3.05, 3.63) is 188 Å². The molecule has 56 heavy (non-hydrogen) atoms. The van der Waals surface area contributed by atoms with E-state index in [1.54, 1.807) is 0 Å². The minimum Gasteiger partial charge on any atom is -0.455 e. The minimum absolute atomic E-state index is 0.566. The fraction of sp³-hybridized carbons (Fsp3) is 0. The fourth-order valence-corrected chi connectivity index (χ4v) is 8.83. The number of aromatic nitrogens is 3. The Morgan fingerprint density at radius 3 is 1.55 bits per heavy atom. The minimum atomic E-state index is 0.566. The largest absolute Gasteiger partial charge is 0.455 e. The highest BCUT2D eigenvalue weighted by atomic mass is 32.1. The first kappa shape index (κ1) is 32.2. The molecular formula is C51H31N3OS. The van der Waals surface area contributed by atoms with Crippen molar-refractivity contribution < 1.29 is 4.42 Å². The van der Waals surface area contributed by atoms with E-state index in [2.05, 4.69) is 146 Å². The summed E-state index contributed by atoms with van der Waals surface area (Å²) in [6.07, 6.45) is 0. The van der Waals surface area contributed by atoms with Gasteiger partial charge in [0, 0.05) is 42.1 Å². The summed E-state index contributed by atoms with van der Waals surface area (Å²) in [6.45, 7) is 0. The van der Waals surface area contributed by atoms with Crippen molar-refractivity contribution in [3.63, 3.8) is 0 Å². The summed E-state index contributed by atoms with van der Waals surface area (Å²) in [4.78, 5) is 15.1. The molecule has 0 saturated carbocycles.